The Morgan fingerprint density at radius 3 is 0.637 bits per heavy atom. The van der Waals surface area contributed by atoms with E-state index in [2.05, 4.69) is 0 Å². The molecule has 21 nitrogen and oxygen atoms in total. The Labute approximate surface area is 774 Å². The summed E-state index contributed by atoms with van der Waals surface area (Å²) in [6.45, 7) is 0.0537. The van der Waals surface area contributed by atoms with Crippen molar-refractivity contribution in [3.63, 3.8) is 0 Å². The third kappa shape index (κ3) is 15.5. The number of rotatable bonds is 23. The van der Waals surface area contributed by atoms with Crippen molar-refractivity contribution in [3.05, 3.63) is 483 Å². The quantitative estimate of drug-likeness (QED) is 0.0329. The fourth-order valence-electron chi connectivity index (χ4n) is 17.9. The first-order valence-corrected chi connectivity index (χ1v) is 44.4. The van der Waals surface area contributed by atoms with Crippen molar-refractivity contribution in [2.75, 3.05) is 0 Å². The summed E-state index contributed by atoms with van der Waals surface area (Å²) < 4.78 is 110. The molecule has 0 aromatic heterocycles. The Morgan fingerprint density at radius 1 is 0.222 bits per heavy atom. The second kappa shape index (κ2) is 34.8. The van der Waals surface area contributed by atoms with Crippen molar-refractivity contribution in [2.45, 2.75) is 80.2 Å². The third-order valence-corrected chi connectivity index (χ3v) is 24.4. The smallest absolute Gasteiger partial charge is 0.343 e. The highest BCUT2D eigenvalue weighted by molar-refractivity contribution is 5.99. The molecule has 1 aliphatic carbocycles. The Morgan fingerprint density at radius 2 is 0.415 bits per heavy atom. The number of esters is 5. The van der Waals surface area contributed by atoms with Crippen LogP contribution in [0.1, 0.15) is 152 Å². The van der Waals surface area contributed by atoms with E-state index in [4.69, 9.17) is 75.8 Å². The molecule has 5 heterocycles. The van der Waals surface area contributed by atoms with E-state index in [0.717, 1.165) is 31.2 Å². The van der Waals surface area contributed by atoms with E-state index in [1.807, 2.05) is 309 Å². The first kappa shape index (κ1) is 83.3. The molecule has 0 amide bonds. The van der Waals surface area contributed by atoms with E-state index >= 15 is 19.2 Å². The van der Waals surface area contributed by atoms with Gasteiger partial charge in [0.25, 0.3) is 0 Å². The molecule has 0 spiro atoms. The lowest BCUT2D eigenvalue weighted by atomic mass is 9.97. The van der Waals surface area contributed by atoms with Gasteiger partial charge in [0.1, 0.15) is 12.7 Å². The lowest BCUT2D eigenvalue weighted by Gasteiger charge is -2.28. The molecular weight excluding hydrogens is 1710 g/mol. The normalized spacial score (nSPS) is 15.4. The van der Waals surface area contributed by atoms with Crippen LogP contribution in [0.3, 0.4) is 0 Å². The zero-order valence-electron chi connectivity index (χ0n) is 72.1. The summed E-state index contributed by atoms with van der Waals surface area (Å²) in [5.41, 5.74) is 5.47. The zero-order chi connectivity index (χ0) is 91.1. The highest BCUT2D eigenvalue weighted by Crippen LogP contribution is 2.60. The van der Waals surface area contributed by atoms with Gasteiger partial charge in [0, 0.05) is 55.6 Å². The van der Waals surface area contributed by atoms with Gasteiger partial charge in [-0.3, -0.25) is 0 Å². The van der Waals surface area contributed by atoms with E-state index in [1.165, 1.54) is 60.7 Å². The summed E-state index contributed by atoms with van der Waals surface area (Å²) in [5.74, 6) is -14.8. The van der Waals surface area contributed by atoms with Gasteiger partial charge in [-0.05, 0) is 91.9 Å². The van der Waals surface area contributed by atoms with E-state index in [9.17, 15) is 4.79 Å². The fraction of sp³-hybridized carbons (Fsp3) is 0.114. The first-order chi connectivity index (χ1) is 66.3. The Kier molecular flexibility index (Phi) is 21.5. The van der Waals surface area contributed by atoms with Gasteiger partial charge in [-0.1, -0.05) is 346 Å². The molecule has 6 aliphatic rings. The largest absolute Gasteiger partial charge is 0.485 e. The molecule has 22 rings (SSSR count). The van der Waals surface area contributed by atoms with Crippen LogP contribution >= 0.6 is 0 Å². The van der Waals surface area contributed by atoms with Crippen molar-refractivity contribution in [1.29, 1.82) is 0 Å². The van der Waals surface area contributed by atoms with Gasteiger partial charge in [0.05, 0.1) is 27.8 Å². The molecule has 135 heavy (non-hydrogen) atoms. The van der Waals surface area contributed by atoms with Crippen LogP contribution in [0.2, 0.25) is 0 Å². The maximum absolute atomic E-state index is 16.2. The molecule has 0 radical (unpaired) electrons. The standard InChI is InChI=1S/C114H80O21/c115-105(121-89-60-36-1-2-37-61-89)75-63-91(101-96(68-75)127-111(132-101,81-44-20-6-21-45-81)82-46-22-7-23-47-82)123-107(117)77-65-93(103-98(70-77)129-113(134-103,85-52-28-10-29-53-85)86-54-30-11-31-55-86)125-109(119)78-66-94(104-99(71-78)130-114(135-104,87-56-32-12-33-57-87)88-58-34-13-35-59-88)124-108(118)76-64-92(102-97(69-76)128-112(133-102,83-48-24-8-25-49-83)84-50-26-9-27-51-84)122-106(116)74-62-90(120-72-73-38-14-3-15-39-73)100-95(67-74)126-110(131-100,79-40-16-4-17-41-79)80-42-18-5-19-43-80/h3-35,38-59,62-71,89H,1-2,36-37,60-61,72H2. The number of carbonyl (C=O) groups excluding carboxylic acids is 5. The Hall–Kier alpha value is -17.3. The van der Waals surface area contributed by atoms with Crippen LogP contribution in [-0.2, 0) is 40.3 Å². The third-order valence-electron chi connectivity index (χ3n) is 24.4. The maximum atomic E-state index is 16.2. The molecule has 0 N–H and O–H groups in total. The molecule has 0 saturated heterocycles. The lowest BCUT2D eigenvalue weighted by Crippen LogP contribution is -2.36. The van der Waals surface area contributed by atoms with Crippen LogP contribution in [0.25, 0.3) is 0 Å². The number of benzene rings is 16. The minimum absolute atomic E-state index is 0.0142. The summed E-state index contributed by atoms with van der Waals surface area (Å²) in [7, 11) is 0. The van der Waals surface area contributed by atoms with Gasteiger partial charge in [-0.2, -0.15) is 0 Å². The SMILES string of the molecule is O=C(Oc1cc(C(=O)Oc2cc(C(=O)Oc3cc(C(=O)Oc4cc(C(=O)OC5CCCCCC5)cc5c4OC(c4ccccc4)(c4ccccc4)O5)cc4c3OC(c3ccccc3)(c3ccccc3)O4)cc3c2OC(c2ccccc2)(c2ccccc2)O3)cc2c1OC(c1ccccc1)(c1ccccc1)O2)c1cc(OCc2ccccc2)c2c(c1)OC(c1ccccc1)(c1ccccc1)O2. The summed E-state index contributed by atoms with van der Waals surface area (Å²) in [5, 5.41) is 0. The summed E-state index contributed by atoms with van der Waals surface area (Å²) >= 11 is 0. The minimum Gasteiger partial charge on any atom is -0.485 e. The van der Waals surface area contributed by atoms with Crippen LogP contribution in [0.4, 0.5) is 0 Å². The van der Waals surface area contributed by atoms with Crippen molar-refractivity contribution in [2.24, 2.45) is 0 Å². The molecule has 16 aromatic rings. The average Bonchev–Trinajstić information content (AvgIpc) is 1.59. The van der Waals surface area contributed by atoms with Gasteiger partial charge in [0.15, 0.2) is 57.5 Å². The molecule has 5 aliphatic heterocycles. The second-order valence-corrected chi connectivity index (χ2v) is 33.1. The monoisotopic (exact) mass is 1780 g/mol. The first-order valence-electron chi connectivity index (χ1n) is 44.4. The van der Waals surface area contributed by atoms with E-state index < -0.39 is 58.8 Å². The van der Waals surface area contributed by atoms with Gasteiger partial charge >= 0.3 is 58.8 Å². The highest BCUT2D eigenvalue weighted by Gasteiger charge is 2.54. The molecule has 0 unspecified atom stereocenters. The Balaban J connectivity index is 0.658. The Bertz CT molecular complexity index is 6980. The van der Waals surface area contributed by atoms with Crippen LogP contribution in [0.5, 0.6) is 86.2 Å². The average molecular weight is 1790 g/mol. The van der Waals surface area contributed by atoms with Gasteiger partial charge in [-0.25, -0.2) is 24.0 Å². The predicted molar refractivity (Wildman–Crippen MR) is 494 cm³/mol. The molecule has 1 saturated carbocycles. The number of fused-ring (bicyclic) bond motifs is 5. The number of carbonyl (C=O) groups is 5. The van der Waals surface area contributed by atoms with Crippen molar-refractivity contribution >= 4 is 29.8 Å². The van der Waals surface area contributed by atoms with Crippen molar-refractivity contribution < 1.29 is 99.8 Å². The molecule has 662 valence electrons. The second-order valence-electron chi connectivity index (χ2n) is 33.1. The van der Waals surface area contributed by atoms with E-state index in [-0.39, 0.29) is 127 Å². The predicted octanol–water partition coefficient (Wildman–Crippen LogP) is 23.4. The number of hydrogen-bond acceptors (Lipinski definition) is 21. The van der Waals surface area contributed by atoms with Gasteiger partial charge in [-0.15, -0.1) is 0 Å². The van der Waals surface area contributed by atoms with Crippen LogP contribution < -0.4 is 71.1 Å². The van der Waals surface area contributed by atoms with Crippen LogP contribution in [0.15, 0.2) is 394 Å². The van der Waals surface area contributed by atoms with E-state index in [1.54, 1.807) is 24.3 Å². The van der Waals surface area contributed by atoms with Crippen molar-refractivity contribution in [3.8, 4) is 86.2 Å². The van der Waals surface area contributed by atoms with E-state index in [0.29, 0.717) is 68.5 Å². The molecule has 16 aromatic carbocycles. The summed E-state index contributed by atoms with van der Waals surface area (Å²) in [6, 6.07) is 115. The molecule has 0 atom stereocenters. The van der Waals surface area contributed by atoms with Gasteiger partial charge in [0.2, 0.25) is 28.7 Å². The molecule has 0 bridgehead atoms. The number of ether oxygens (including phenoxy) is 16. The minimum atomic E-state index is -1.83. The summed E-state index contributed by atoms with van der Waals surface area (Å²) in [4.78, 5) is 78.5. The van der Waals surface area contributed by atoms with Crippen LogP contribution in [0, 0.1) is 0 Å². The zero-order valence-corrected chi connectivity index (χ0v) is 72.1. The van der Waals surface area contributed by atoms with Crippen molar-refractivity contribution in [1.82, 2.24) is 0 Å². The molecule has 1 fully saturated rings. The topological polar surface area (TPSA) is 233 Å². The lowest BCUT2D eigenvalue weighted by molar-refractivity contribution is -0.0471. The molecular formula is C114H80O21. The molecule has 21 heteroatoms. The maximum Gasteiger partial charge on any atom is 0.343 e. The fourth-order valence-corrected chi connectivity index (χ4v) is 17.9. The highest BCUT2D eigenvalue weighted by atomic mass is 16.8. The van der Waals surface area contributed by atoms with Crippen LogP contribution in [-0.4, -0.2) is 36.0 Å². The summed E-state index contributed by atoms with van der Waals surface area (Å²) in [6.07, 6.45) is 4.79. The number of hydrogen-bond donors (Lipinski definition) is 0. The van der Waals surface area contributed by atoms with Gasteiger partial charge < -0.3 is 75.8 Å².